The van der Waals surface area contributed by atoms with Crippen LogP contribution in [-0.2, 0) is 0 Å². The molecule has 4 rings (SSSR count). The summed E-state index contributed by atoms with van der Waals surface area (Å²) < 4.78 is 7.39. The van der Waals surface area contributed by atoms with Crippen LogP contribution in [-0.4, -0.2) is 19.8 Å². The number of ether oxygens (including phenoxy) is 1. The van der Waals surface area contributed by atoms with E-state index in [9.17, 15) is 0 Å². The number of benzene rings is 2. The molecule has 2 heterocycles. The van der Waals surface area contributed by atoms with Crippen LogP contribution < -0.4 is 4.74 Å². The summed E-state index contributed by atoms with van der Waals surface area (Å²) in [6, 6.07) is 18.2. The first-order chi connectivity index (χ1) is 11.7. The molecule has 118 valence electrons. The standard InChI is InChI=1S/C17H10Cl2N4O/c18-12-6-7-14(13(19)10-12)24-16-9-8-15-20-21-17(23(15)22-16)11-4-2-1-3-5-11/h1-10H. The van der Waals surface area contributed by atoms with Gasteiger partial charge in [0, 0.05) is 16.7 Å². The van der Waals surface area contributed by atoms with Gasteiger partial charge in [-0.3, -0.25) is 0 Å². The van der Waals surface area contributed by atoms with Crippen molar-refractivity contribution in [2.75, 3.05) is 0 Å². The predicted octanol–water partition coefficient (Wildman–Crippen LogP) is 4.89. The lowest BCUT2D eigenvalue weighted by molar-refractivity contribution is 0.453. The molecule has 24 heavy (non-hydrogen) atoms. The van der Waals surface area contributed by atoms with E-state index in [0.717, 1.165) is 5.56 Å². The molecule has 0 N–H and O–H groups in total. The lowest BCUT2D eigenvalue weighted by Gasteiger charge is -2.07. The second-order valence-corrected chi connectivity index (χ2v) is 5.85. The number of rotatable bonds is 3. The predicted molar refractivity (Wildman–Crippen MR) is 92.8 cm³/mol. The molecule has 0 radical (unpaired) electrons. The number of hydrogen-bond acceptors (Lipinski definition) is 4. The number of nitrogens with zero attached hydrogens (tertiary/aromatic N) is 4. The molecule has 0 unspecified atom stereocenters. The molecular formula is C17H10Cl2N4O. The second-order valence-electron chi connectivity index (χ2n) is 5.01. The van der Waals surface area contributed by atoms with Gasteiger partial charge in [0.05, 0.1) is 5.02 Å². The van der Waals surface area contributed by atoms with Crippen LogP contribution in [0.25, 0.3) is 17.0 Å². The molecule has 2 aromatic heterocycles. The van der Waals surface area contributed by atoms with Gasteiger partial charge in [0.2, 0.25) is 5.88 Å². The first kappa shape index (κ1) is 14.9. The summed E-state index contributed by atoms with van der Waals surface area (Å²) in [7, 11) is 0. The van der Waals surface area contributed by atoms with Crippen molar-refractivity contribution >= 4 is 28.8 Å². The summed E-state index contributed by atoms with van der Waals surface area (Å²) >= 11 is 12.0. The fourth-order valence-electron chi connectivity index (χ4n) is 2.26. The highest BCUT2D eigenvalue weighted by Gasteiger charge is 2.11. The van der Waals surface area contributed by atoms with Crippen molar-refractivity contribution in [3.05, 3.63) is 70.7 Å². The van der Waals surface area contributed by atoms with E-state index in [2.05, 4.69) is 15.3 Å². The Hall–Kier alpha value is -2.63. The van der Waals surface area contributed by atoms with E-state index in [1.165, 1.54) is 0 Å². The first-order valence-corrected chi connectivity index (χ1v) is 7.87. The molecule has 0 amide bonds. The molecule has 0 bridgehead atoms. The number of fused-ring (bicyclic) bond motifs is 1. The quantitative estimate of drug-likeness (QED) is 0.524. The van der Waals surface area contributed by atoms with Gasteiger partial charge in [-0.2, -0.15) is 4.52 Å². The summed E-state index contributed by atoms with van der Waals surface area (Å²) in [5.41, 5.74) is 1.54. The molecule has 0 aliphatic heterocycles. The maximum Gasteiger partial charge on any atom is 0.237 e. The van der Waals surface area contributed by atoms with Crippen LogP contribution >= 0.6 is 23.2 Å². The molecule has 0 saturated heterocycles. The average molecular weight is 357 g/mol. The zero-order valence-corrected chi connectivity index (χ0v) is 13.7. The highest BCUT2D eigenvalue weighted by Crippen LogP contribution is 2.31. The monoisotopic (exact) mass is 356 g/mol. The SMILES string of the molecule is Clc1ccc(Oc2ccc3nnc(-c4ccccc4)n3n2)c(Cl)c1. The Kier molecular flexibility index (Phi) is 3.80. The number of hydrogen-bond donors (Lipinski definition) is 0. The Bertz CT molecular complexity index is 1020. The van der Waals surface area contributed by atoms with Crippen molar-refractivity contribution in [1.29, 1.82) is 0 Å². The third-order valence-corrected chi connectivity index (χ3v) is 3.91. The maximum absolute atomic E-state index is 6.13. The Balaban J connectivity index is 1.75. The van der Waals surface area contributed by atoms with E-state index in [4.69, 9.17) is 27.9 Å². The molecule has 2 aromatic carbocycles. The van der Waals surface area contributed by atoms with Crippen molar-refractivity contribution in [3.8, 4) is 23.0 Å². The topological polar surface area (TPSA) is 52.3 Å². The minimum atomic E-state index is 0.378. The van der Waals surface area contributed by atoms with Gasteiger partial charge in [-0.05, 0) is 24.3 Å². The van der Waals surface area contributed by atoms with E-state index in [1.54, 1.807) is 34.8 Å². The van der Waals surface area contributed by atoms with Crippen molar-refractivity contribution in [2.24, 2.45) is 0 Å². The maximum atomic E-state index is 6.13. The Morgan fingerprint density at radius 3 is 2.50 bits per heavy atom. The molecule has 0 spiro atoms. The summed E-state index contributed by atoms with van der Waals surface area (Å²) in [6.45, 7) is 0. The first-order valence-electron chi connectivity index (χ1n) is 7.11. The molecule has 7 heteroatoms. The van der Waals surface area contributed by atoms with Gasteiger partial charge >= 0.3 is 0 Å². The van der Waals surface area contributed by atoms with Crippen LogP contribution in [0.2, 0.25) is 10.0 Å². The molecule has 0 aliphatic rings. The van der Waals surface area contributed by atoms with E-state index >= 15 is 0 Å². The smallest absolute Gasteiger partial charge is 0.237 e. The van der Waals surface area contributed by atoms with Gasteiger partial charge in [-0.1, -0.05) is 53.5 Å². The highest BCUT2D eigenvalue weighted by atomic mass is 35.5. The third-order valence-electron chi connectivity index (χ3n) is 3.38. The third kappa shape index (κ3) is 2.79. The molecule has 0 saturated carbocycles. The number of aromatic nitrogens is 4. The minimum absolute atomic E-state index is 0.378. The molecule has 4 aromatic rings. The van der Waals surface area contributed by atoms with Crippen molar-refractivity contribution in [3.63, 3.8) is 0 Å². The van der Waals surface area contributed by atoms with Gasteiger partial charge in [-0.25, -0.2) is 0 Å². The summed E-state index contributed by atoms with van der Waals surface area (Å²) in [6.07, 6.45) is 0. The van der Waals surface area contributed by atoms with Crippen LogP contribution in [0.4, 0.5) is 0 Å². The zero-order valence-electron chi connectivity index (χ0n) is 12.2. The van der Waals surface area contributed by atoms with Crippen LogP contribution in [0, 0.1) is 0 Å². The fraction of sp³-hybridized carbons (Fsp3) is 0. The lowest BCUT2D eigenvalue weighted by atomic mass is 10.2. The zero-order chi connectivity index (χ0) is 16.5. The van der Waals surface area contributed by atoms with Gasteiger partial charge in [0.25, 0.3) is 0 Å². The molecule has 5 nitrogen and oxygen atoms in total. The summed E-state index contributed by atoms with van der Waals surface area (Å²) in [5.74, 6) is 1.49. The fourth-order valence-corrected chi connectivity index (χ4v) is 2.71. The Labute approximate surface area is 147 Å². The highest BCUT2D eigenvalue weighted by molar-refractivity contribution is 6.35. The number of halogens is 2. The minimum Gasteiger partial charge on any atom is -0.436 e. The van der Waals surface area contributed by atoms with Crippen LogP contribution in [0.15, 0.2) is 60.7 Å². The normalized spacial score (nSPS) is 10.9. The average Bonchev–Trinajstić information content (AvgIpc) is 3.01. The Morgan fingerprint density at radius 1 is 0.875 bits per heavy atom. The summed E-state index contributed by atoms with van der Waals surface area (Å²) in [4.78, 5) is 0. The summed E-state index contributed by atoms with van der Waals surface area (Å²) in [5, 5.41) is 13.7. The van der Waals surface area contributed by atoms with E-state index in [1.807, 2.05) is 30.3 Å². The van der Waals surface area contributed by atoms with E-state index in [0.29, 0.717) is 33.1 Å². The van der Waals surface area contributed by atoms with Crippen molar-refractivity contribution in [2.45, 2.75) is 0 Å². The van der Waals surface area contributed by atoms with Crippen molar-refractivity contribution < 1.29 is 4.74 Å². The van der Waals surface area contributed by atoms with Gasteiger partial charge in [0.1, 0.15) is 5.75 Å². The van der Waals surface area contributed by atoms with Gasteiger partial charge in [-0.15, -0.1) is 15.3 Å². The molecule has 0 fully saturated rings. The Morgan fingerprint density at radius 2 is 1.71 bits per heavy atom. The van der Waals surface area contributed by atoms with Crippen LogP contribution in [0.5, 0.6) is 11.6 Å². The van der Waals surface area contributed by atoms with Crippen LogP contribution in [0.3, 0.4) is 0 Å². The largest absolute Gasteiger partial charge is 0.436 e. The molecule has 0 aliphatic carbocycles. The van der Waals surface area contributed by atoms with E-state index in [-0.39, 0.29) is 0 Å². The molecule has 0 atom stereocenters. The van der Waals surface area contributed by atoms with Crippen LogP contribution in [0.1, 0.15) is 0 Å². The van der Waals surface area contributed by atoms with Gasteiger partial charge < -0.3 is 4.74 Å². The second kappa shape index (κ2) is 6.11. The van der Waals surface area contributed by atoms with E-state index < -0.39 is 0 Å². The lowest BCUT2D eigenvalue weighted by Crippen LogP contribution is -1.98. The van der Waals surface area contributed by atoms with Gasteiger partial charge in [0.15, 0.2) is 11.5 Å². The molecular weight excluding hydrogens is 347 g/mol. The van der Waals surface area contributed by atoms with Crippen molar-refractivity contribution in [1.82, 2.24) is 19.8 Å².